The van der Waals surface area contributed by atoms with E-state index in [1.54, 1.807) is 46.7 Å². The second-order valence-electron chi connectivity index (χ2n) is 6.64. The topological polar surface area (TPSA) is 86.9 Å². The fourth-order valence-electron chi connectivity index (χ4n) is 3.44. The molecule has 0 fully saturated rings. The quantitative estimate of drug-likeness (QED) is 0.477. The molecular weight excluding hydrogens is 384 g/mol. The number of fused-ring (bicyclic) bond motifs is 3. The van der Waals surface area contributed by atoms with Gasteiger partial charge in [-0.15, -0.1) is 0 Å². The normalized spacial score (nSPS) is 11.0. The average Bonchev–Trinajstić information content (AvgIpc) is 3.27. The van der Waals surface area contributed by atoms with Crippen LogP contribution in [0, 0.1) is 0 Å². The Morgan fingerprint density at radius 2 is 1.87 bits per heavy atom. The number of carbonyl (C=O) groups excluding carboxylic acids is 1. The number of nitrogens with one attached hydrogen (secondary N) is 1. The molecule has 0 bridgehead atoms. The Balaban J connectivity index is 1.51. The SMILES string of the molecule is CCn1c(=O)c2ccnn2c2ccc(C(=O)NCCOc3ccccc3OC)cc21. The van der Waals surface area contributed by atoms with Gasteiger partial charge in [0.25, 0.3) is 11.5 Å². The number of ether oxygens (including phenoxy) is 2. The maximum absolute atomic E-state index is 12.7. The van der Waals surface area contributed by atoms with E-state index in [0.717, 1.165) is 5.52 Å². The third-order valence-corrected chi connectivity index (χ3v) is 4.89. The molecule has 1 amide bonds. The summed E-state index contributed by atoms with van der Waals surface area (Å²) in [5.74, 6) is 1.02. The van der Waals surface area contributed by atoms with Crippen molar-refractivity contribution in [3.05, 3.63) is 70.6 Å². The number of hydrogen-bond acceptors (Lipinski definition) is 5. The van der Waals surface area contributed by atoms with Gasteiger partial charge in [-0.05, 0) is 43.3 Å². The zero-order valence-corrected chi connectivity index (χ0v) is 16.8. The standard InChI is InChI=1S/C22H22N4O4/c1-3-25-18-14-15(8-9-16(18)26-17(22(25)28)10-11-24-26)21(27)23-12-13-30-20-7-5-4-6-19(20)29-2/h4-11,14H,3,12-13H2,1-2H3,(H,23,27). The number of para-hydroxylation sites is 2. The molecule has 0 spiro atoms. The van der Waals surface area contributed by atoms with Crippen LogP contribution in [-0.4, -0.2) is 40.3 Å². The summed E-state index contributed by atoms with van der Waals surface area (Å²) in [4.78, 5) is 25.3. The Labute approximate surface area is 172 Å². The van der Waals surface area contributed by atoms with Gasteiger partial charge in [-0.1, -0.05) is 12.1 Å². The van der Waals surface area contributed by atoms with Gasteiger partial charge in [-0.2, -0.15) is 5.10 Å². The molecule has 1 N–H and O–H groups in total. The molecule has 0 saturated heterocycles. The first-order valence-corrected chi connectivity index (χ1v) is 9.68. The fraction of sp³-hybridized carbons (Fsp3) is 0.227. The van der Waals surface area contributed by atoms with Gasteiger partial charge >= 0.3 is 0 Å². The molecule has 0 aliphatic carbocycles. The van der Waals surface area contributed by atoms with Crippen molar-refractivity contribution < 1.29 is 14.3 Å². The molecule has 8 heteroatoms. The van der Waals surface area contributed by atoms with Crippen LogP contribution in [0.3, 0.4) is 0 Å². The Kier molecular flexibility index (Phi) is 5.38. The van der Waals surface area contributed by atoms with Gasteiger partial charge in [0.2, 0.25) is 0 Å². The zero-order chi connectivity index (χ0) is 21.1. The summed E-state index contributed by atoms with van der Waals surface area (Å²) < 4.78 is 14.2. The smallest absolute Gasteiger partial charge is 0.277 e. The van der Waals surface area contributed by atoms with E-state index < -0.39 is 0 Å². The van der Waals surface area contributed by atoms with Gasteiger partial charge in [0.05, 0.1) is 30.9 Å². The monoisotopic (exact) mass is 406 g/mol. The van der Waals surface area contributed by atoms with Gasteiger partial charge in [0, 0.05) is 12.1 Å². The van der Waals surface area contributed by atoms with Gasteiger partial charge in [-0.25, -0.2) is 4.52 Å². The number of aromatic nitrogens is 3. The summed E-state index contributed by atoms with van der Waals surface area (Å²) in [5.41, 5.74) is 2.28. The maximum Gasteiger partial charge on any atom is 0.277 e. The van der Waals surface area contributed by atoms with Crippen molar-refractivity contribution in [3.63, 3.8) is 0 Å². The molecule has 4 rings (SSSR count). The molecule has 154 valence electrons. The first-order valence-electron chi connectivity index (χ1n) is 9.68. The van der Waals surface area contributed by atoms with Crippen LogP contribution in [0.25, 0.3) is 16.6 Å². The molecule has 0 aliphatic rings. The molecule has 2 aromatic heterocycles. The van der Waals surface area contributed by atoms with Crippen LogP contribution in [0.5, 0.6) is 11.5 Å². The van der Waals surface area contributed by atoms with Crippen molar-refractivity contribution in [2.45, 2.75) is 13.5 Å². The third kappa shape index (κ3) is 3.47. The summed E-state index contributed by atoms with van der Waals surface area (Å²) in [5, 5.41) is 7.08. The highest BCUT2D eigenvalue weighted by atomic mass is 16.5. The molecule has 0 radical (unpaired) electrons. The van der Waals surface area contributed by atoms with Crippen molar-refractivity contribution in [1.82, 2.24) is 19.5 Å². The molecule has 0 unspecified atom stereocenters. The van der Waals surface area contributed by atoms with Gasteiger partial charge < -0.3 is 19.4 Å². The Bertz CT molecular complexity index is 1280. The molecule has 30 heavy (non-hydrogen) atoms. The van der Waals surface area contributed by atoms with Crippen molar-refractivity contribution >= 4 is 22.5 Å². The lowest BCUT2D eigenvalue weighted by molar-refractivity contribution is 0.0947. The Hall–Kier alpha value is -3.81. The number of nitrogens with zero attached hydrogens (tertiary/aromatic N) is 3. The molecule has 0 aliphatic heterocycles. The van der Waals surface area contributed by atoms with Gasteiger partial charge in [-0.3, -0.25) is 9.59 Å². The van der Waals surface area contributed by atoms with E-state index in [4.69, 9.17) is 9.47 Å². The highest BCUT2D eigenvalue weighted by Gasteiger charge is 2.13. The molecule has 0 atom stereocenters. The van der Waals surface area contributed by atoms with Crippen molar-refractivity contribution in [1.29, 1.82) is 0 Å². The van der Waals surface area contributed by atoms with E-state index in [1.165, 1.54) is 0 Å². The minimum Gasteiger partial charge on any atom is -0.493 e. The molecule has 2 heterocycles. The molecule has 8 nitrogen and oxygen atoms in total. The summed E-state index contributed by atoms with van der Waals surface area (Å²) in [7, 11) is 1.58. The summed E-state index contributed by atoms with van der Waals surface area (Å²) in [6.45, 7) is 3.02. The van der Waals surface area contributed by atoms with E-state index in [9.17, 15) is 9.59 Å². The van der Waals surface area contributed by atoms with E-state index in [1.807, 2.05) is 31.2 Å². The number of rotatable bonds is 7. The highest BCUT2D eigenvalue weighted by Crippen LogP contribution is 2.25. The van der Waals surface area contributed by atoms with Crippen LogP contribution in [0.2, 0.25) is 0 Å². The molecule has 2 aromatic carbocycles. The van der Waals surface area contributed by atoms with Crippen LogP contribution >= 0.6 is 0 Å². The number of carbonyl (C=O) groups is 1. The van der Waals surface area contributed by atoms with Crippen LogP contribution in [0.15, 0.2) is 59.5 Å². The third-order valence-electron chi connectivity index (χ3n) is 4.89. The highest BCUT2D eigenvalue weighted by molar-refractivity contribution is 5.97. The van der Waals surface area contributed by atoms with Crippen LogP contribution in [-0.2, 0) is 6.54 Å². The fourth-order valence-corrected chi connectivity index (χ4v) is 3.44. The minimum absolute atomic E-state index is 0.134. The average molecular weight is 406 g/mol. The summed E-state index contributed by atoms with van der Waals surface area (Å²) >= 11 is 0. The molecule has 0 saturated carbocycles. The van der Waals surface area contributed by atoms with E-state index in [2.05, 4.69) is 10.4 Å². The summed E-state index contributed by atoms with van der Waals surface area (Å²) in [6.07, 6.45) is 1.60. The number of benzene rings is 2. The van der Waals surface area contributed by atoms with Crippen LogP contribution < -0.4 is 20.3 Å². The van der Waals surface area contributed by atoms with E-state index in [0.29, 0.717) is 47.8 Å². The number of aryl methyl sites for hydroxylation is 1. The van der Waals surface area contributed by atoms with Crippen LogP contribution in [0.4, 0.5) is 0 Å². The molecule has 4 aromatic rings. The lowest BCUT2D eigenvalue weighted by Gasteiger charge is -2.12. The van der Waals surface area contributed by atoms with Crippen LogP contribution in [0.1, 0.15) is 17.3 Å². The zero-order valence-electron chi connectivity index (χ0n) is 16.8. The van der Waals surface area contributed by atoms with E-state index >= 15 is 0 Å². The maximum atomic E-state index is 12.7. The predicted molar refractivity (Wildman–Crippen MR) is 113 cm³/mol. The largest absolute Gasteiger partial charge is 0.493 e. The van der Waals surface area contributed by atoms with Gasteiger partial charge in [0.15, 0.2) is 11.5 Å². The predicted octanol–water partition coefficient (Wildman–Crippen LogP) is 2.49. The van der Waals surface area contributed by atoms with E-state index in [-0.39, 0.29) is 11.5 Å². The number of methoxy groups -OCH3 is 1. The second kappa shape index (κ2) is 8.28. The lowest BCUT2D eigenvalue weighted by Crippen LogP contribution is -2.28. The van der Waals surface area contributed by atoms with Crippen molar-refractivity contribution in [2.24, 2.45) is 0 Å². The molecular formula is C22H22N4O4. The van der Waals surface area contributed by atoms with Gasteiger partial charge in [0.1, 0.15) is 12.1 Å². The first kappa shape index (κ1) is 19.5. The first-order chi connectivity index (χ1) is 14.6. The Morgan fingerprint density at radius 1 is 1.07 bits per heavy atom. The summed E-state index contributed by atoms with van der Waals surface area (Å²) in [6, 6.07) is 14.3. The minimum atomic E-state index is -0.240. The second-order valence-corrected chi connectivity index (χ2v) is 6.64. The van der Waals surface area contributed by atoms with Crippen molar-refractivity contribution in [2.75, 3.05) is 20.3 Å². The van der Waals surface area contributed by atoms with Crippen molar-refractivity contribution in [3.8, 4) is 11.5 Å². The lowest BCUT2D eigenvalue weighted by atomic mass is 10.1. The number of hydrogen-bond donors (Lipinski definition) is 1. The Morgan fingerprint density at radius 3 is 2.63 bits per heavy atom. The number of amides is 1.